The van der Waals surface area contributed by atoms with Crippen molar-refractivity contribution < 1.29 is 49.1 Å². The van der Waals surface area contributed by atoms with E-state index in [0.29, 0.717) is 54.7 Å². The van der Waals surface area contributed by atoms with Gasteiger partial charge < -0.3 is 39.0 Å². The van der Waals surface area contributed by atoms with Gasteiger partial charge in [0.2, 0.25) is 0 Å². The van der Waals surface area contributed by atoms with Gasteiger partial charge in [-0.1, -0.05) is 48.5 Å². The minimum absolute atomic E-state index is 0.0481. The van der Waals surface area contributed by atoms with Gasteiger partial charge >= 0.3 is 23.9 Å². The largest absolute Gasteiger partial charge is 0.481 e. The lowest BCUT2D eigenvalue weighted by molar-refractivity contribution is -0.140. The lowest BCUT2D eigenvalue weighted by Crippen LogP contribution is -2.12. The van der Waals surface area contributed by atoms with Crippen LogP contribution >= 0.6 is 0 Å². The molecule has 6 aromatic rings. The Kier molecular flexibility index (Phi) is 7.48. The third kappa shape index (κ3) is 4.89. The van der Waals surface area contributed by atoms with Gasteiger partial charge in [0, 0.05) is 56.8 Å². The summed E-state index contributed by atoms with van der Waals surface area (Å²) in [7, 11) is 0. The van der Waals surface area contributed by atoms with Crippen molar-refractivity contribution in [2.24, 2.45) is 0 Å². The zero-order chi connectivity index (χ0) is 32.9. The van der Waals surface area contributed by atoms with Crippen LogP contribution in [0.3, 0.4) is 0 Å². The van der Waals surface area contributed by atoms with Gasteiger partial charge in [-0.25, -0.2) is 19.2 Å². The summed E-state index contributed by atoms with van der Waals surface area (Å²) in [5, 5.41) is 42.2. The van der Waals surface area contributed by atoms with Crippen LogP contribution in [-0.4, -0.2) is 66.7 Å². The predicted molar refractivity (Wildman–Crippen MR) is 169 cm³/mol. The maximum absolute atomic E-state index is 12.6. The van der Waals surface area contributed by atoms with Gasteiger partial charge in [-0.2, -0.15) is 0 Å². The SMILES string of the molecule is Cc1c(C(=O)O)c2cc(OCC(=O)O)c3ccccc3c2n1CCn1c(C)c(C(=O)O)c2cc(OCC(=O)O)c3ccccc3c21. The summed E-state index contributed by atoms with van der Waals surface area (Å²) in [6.45, 7) is 2.71. The van der Waals surface area contributed by atoms with Crippen LogP contribution in [0, 0.1) is 13.8 Å². The van der Waals surface area contributed by atoms with E-state index in [0.717, 1.165) is 0 Å². The van der Waals surface area contributed by atoms with E-state index in [4.69, 9.17) is 9.47 Å². The van der Waals surface area contributed by atoms with Crippen LogP contribution in [0.25, 0.3) is 43.4 Å². The number of aryl methyl sites for hydroxylation is 2. The molecule has 46 heavy (non-hydrogen) atoms. The Hall–Kier alpha value is -6.04. The Bertz CT molecular complexity index is 2100. The molecule has 4 N–H and O–H groups in total. The fourth-order valence-electron chi connectivity index (χ4n) is 6.43. The second-order valence-electron chi connectivity index (χ2n) is 10.8. The van der Waals surface area contributed by atoms with E-state index < -0.39 is 37.1 Å². The highest BCUT2D eigenvalue weighted by Crippen LogP contribution is 2.40. The minimum Gasteiger partial charge on any atom is -0.481 e. The Morgan fingerprint density at radius 3 is 1.24 bits per heavy atom. The molecule has 0 saturated carbocycles. The summed E-state index contributed by atoms with van der Waals surface area (Å²) < 4.78 is 14.9. The molecule has 2 heterocycles. The second kappa shape index (κ2) is 11.5. The van der Waals surface area contributed by atoms with Crippen LogP contribution in [0.4, 0.5) is 0 Å². The number of aromatic nitrogens is 2. The number of nitrogens with zero attached hydrogens (tertiary/aromatic N) is 2. The number of rotatable bonds is 11. The first-order chi connectivity index (χ1) is 22.0. The monoisotopic (exact) mass is 624 g/mol. The van der Waals surface area contributed by atoms with E-state index in [2.05, 4.69) is 0 Å². The summed E-state index contributed by atoms with van der Waals surface area (Å²) in [6, 6.07) is 17.5. The maximum atomic E-state index is 12.6. The van der Waals surface area contributed by atoms with E-state index in [1.54, 1.807) is 62.4 Å². The first kappa shape index (κ1) is 30.0. The molecule has 12 nitrogen and oxygen atoms in total. The fourth-order valence-corrected chi connectivity index (χ4v) is 6.43. The molecule has 2 aromatic heterocycles. The molecule has 0 aliphatic carbocycles. The van der Waals surface area contributed by atoms with Gasteiger partial charge in [-0.3, -0.25) is 0 Å². The van der Waals surface area contributed by atoms with Gasteiger partial charge in [0.25, 0.3) is 0 Å². The van der Waals surface area contributed by atoms with Gasteiger partial charge in [0.15, 0.2) is 13.2 Å². The number of fused-ring (bicyclic) bond motifs is 6. The first-order valence-electron chi connectivity index (χ1n) is 14.2. The zero-order valence-corrected chi connectivity index (χ0v) is 24.7. The molecule has 4 aromatic carbocycles. The molecule has 0 aliphatic rings. The predicted octanol–water partition coefficient (Wildman–Crippen LogP) is 5.54. The van der Waals surface area contributed by atoms with Crippen LogP contribution in [0.5, 0.6) is 11.5 Å². The average molecular weight is 625 g/mol. The van der Waals surface area contributed by atoms with Crippen molar-refractivity contribution in [2.45, 2.75) is 26.9 Å². The van der Waals surface area contributed by atoms with Crippen LogP contribution in [-0.2, 0) is 22.7 Å². The van der Waals surface area contributed by atoms with Gasteiger partial charge in [-0.15, -0.1) is 0 Å². The van der Waals surface area contributed by atoms with Crippen LogP contribution in [0.1, 0.15) is 32.1 Å². The molecule has 234 valence electrons. The minimum atomic E-state index is -1.17. The molecular formula is C34H28N2O10. The number of aromatic carboxylic acids is 2. The molecule has 0 fully saturated rings. The molecule has 0 atom stereocenters. The fraction of sp³-hybridized carbons (Fsp3) is 0.176. The Balaban J connectivity index is 1.56. The number of hydrogen-bond donors (Lipinski definition) is 4. The van der Waals surface area contributed by atoms with Crippen molar-refractivity contribution in [3.8, 4) is 11.5 Å². The molecule has 0 unspecified atom stereocenters. The van der Waals surface area contributed by atoms with Crippen LogP contribution in [0.15, 0.2) is 60.7 Å². The van der Waals surface area contributed by atoms with Crippen molar-refractivity contribution in [1.82, 2.24) is 9.13 Å². The number of hydrogen-bond acceptors (Lipinski definition) is 6. The third-order valence-electron chi connectivity index (χ3n) is 8.25. The standard InChI is InChI=1S/C34H28N2O10/c1-17-29(33(41)42)23-13-25(45-15-27(37)38)19-7-3-5-9-21(19)31(23)35(17)11-12-36-18(2)30(34(43)44)24-14-26(46-16-28(39)40)20-8-4-6-10-22(20)32(24)36/h3-10,13-14H,11-12,15-16H2,1-2H3,(H,37,38)(H,39,40)(H,41,42)(H,43,44). The number of carboxylic acid groups (broad SMARTS) is 4. The Labute approximate surface area is 260 Å². The van der Waals surface area contributed by atoms with Gasteiger partial charge in [-0.05, 0) is 26.0 Å². The highest BCUT2D eigenvalue weighted by atomic mass is 16.5. The van der Waals surface area contributed by atoms with E-state index >= 15 is 0 Å². The highest BCUT2D eigenvalue weighted by Gasteiger charge is 2.26. The maximum Gasteiger partial charge on any atom is 0.341 e. The smallest absolute Gasteiger partial charge is 0.341 e. The number of carboxylic acids is 4. The number of benzene rings is 4. The molecule has 0 bridgehead atoms. The molecule has 12 heteroatoms. The molecule has 6 rings (SSSR count). The number of aliphatic carboxylic acids is 2. The van der Waals surface area contributed by atoms with E-state index in [-0.39, 0.29) is 35.7 Å². The van der Waals surface area contributed by atoms with E-state index in [1.807, 2.05) is 21.3 Å². The van der Waals surface area contributed by atoms with E-state index in [9.17, 15) is 39.6 Å². The Morgan fingerprint density at radius 1 is 0.565 bits per heavy atom. The van der Waals surface area contributed by atoms with Gasteiger partial charge in [0.05, 0.1) is 22.2 Å². The topological polar surface area (TPSA) is 178 Å². The van der Waals surface area contributed by atoms with E-state index in [1.165, 1.54) is 0 Å². The van der Waals surface area contributed by atoms with Crippen molar-refractivity contribution in [2.75, 3.05) is 13.2 Å². The molecule has 0 spiro atoms. The highest BCUT2D eigenvalue weighted by molar-refractivity contribution is 6.17. The average Bonchev–Trinajstić information content (AvgIpc) is 3.46. The van der Waals surface area contributed by atoms with Crippen LogP contribution in [0.2, 0.25) is 0 Å². The number of carbonyl (C=O) groups is 4. The second-order valence-corrected chi connectivity index (χ2v) is 10.8. The molecule has 0 radical (unpaired) electrons. The summed E-state index contributed by atoms with van der Waals surface area (Å²) in [5.41, 5.74) is 2.26. The molecule has 0 aliphatic heterocycles. The van der Waals surface area contributed by atoms with Crippen molar-refractivity contribution in [3.05, 3.63) is 83.2 Å². The summed E-state index contributed by atoms with van der Waals surface area (Å²) >= 11 is 0. The molecular weight excluding hydrogens is 596 g/mol. The quantitative estimate of drug-likeness (QED) is 0.143. The third-order valence-corrected chi connectivity index (χ3v) is 8.25. The van der Waals surface area contributed by atoms with Crippen molar-refractivity contribution in [3.63, 3.8) is 0 Å². The lowest BCUT2D eigenvalue weighted by Gasteiger charge is -2.16. The molecule has 0 saturated heterocycles. The normalized spacial score (nSPS) is 11.4. The molecule has 0 amide bonds. The summed E-state index contributed by atoms with van der Waals surface area (Å²) in [4.78, 5) is 47.6. The number of ether oxygens (including phenoxy) is 2. The van der Waals surface area contributed by atoms with Crippen molar-refractivity contribution >= 4 is 67.2 Å². The Morgan fingerprint density at radius 2 is 0.913 bits per heavy atom. The van der Waals surface area contributed by atoms with Crippen LogP contribution < -0.4 is 9.47 Å². The zero-order valence-electron chi connectivity index (χ0n) is 24.7. The first-order valence-corrected chi connectivity index (χ1v) is 14.2. The van der Waals surface area contributed by atoms with Gasteiger partial charge in [0.1, 0.15) is 11.5 Å². The summed E-state index contributed by atoms with van der Waals surface area (Å²) in [5.74, 6) is -4.15. The summed E-state index contributed by atoms with van der Waals surface area (Å²) in [6.07, 6.45) is 0. The lowest BCUT2D eigenvalue weighted by atomic mass is 10.0. The van der Waals surface area contributed by atoms with Crippen molar-refractivity contribution in [1.29, 1.82) is 0 Å².